The summed E-state index contributed by atoms with van der Waals surface area (Å²) in [7, 11) is -3.06. The molecule has 0 saturated carbocycles. The van der Waals surface area contributed by atoms with Crippen molar-refractivity contribution < 1.29 is 13.5 Å². The maximum atomic E-state index is 11.5. The Morgan fingerprint density at radius 2 is 1.67 bits per heavy atom. The molecule has 0 spiro atoms. The minimum Gasteiger partial charge on any atom is -0.392 e. The summed E-state index contributed by atoms with van der Waals surface area (Å²) >= 11 is 0. The van der Waals surface area contributed by atoms with Crippen molar-refractivity contribution in [3.8, 4) is 0 Å². The average molecular weight is 271 g/mol. The Hall–Kier alpha value is -0.910. The van der Waals surface area contributed by atoms with Gasteiger partial charge in [0.15, 0.2) is 9.84 Å². The summed E-state index contributed by atoms with van der Waals surface area (Å²) in [5.74, 6) is 0. The van der Waals surface area contributed by atoms with E-state index in [4.69, 9.17) is 5.11 Å². The third-order valence-electron chi connectivity index (χ3n) is 3.09. The molecule has 1 aromatic rings. The molecule has 0 radical (unpaired) electrons. The van der Waals surface area contributed by atoms with Crippen molar-refractivity contribution in [2.75, 3.05) is 12.8 Å². The summed E-state index contributed by atoms with van der Waals surface area (Å²) in [6.07, 6.45) is 1.25. The van der Waals surface area contributed by atoms with E-state index in [0.717, 1.165) is 11.1 Å². The highest BCUT2D eigenvalue weighted by molar-refractivity contribution is 7.92. The van der Waals surface area contributed by atoms with Gasteiger partial charge in [-0.3, -0.25) is 0 Å². The Morgan fingerprint density at radius 1 is 1.17 bits per heavy atom. The second-order valence-electron chi connectivity index (χ2n) is 5.11. The van der Waals surface area contributed by atoms with Gasteiger partial charge in [-0.25, -0.2) is 8.42 Å². The Balaban J connectivity index is 2.51. The molecule has 0 heterocycles. The molecule has 1 rings (SSSR count). The summed E-state index contributed by atoms with van der Waals surface area (Å²) in [5.41, 5.74) is 1.94. The van der Waals surface area contributed by atoms with Crippen LogP contribution in [0.1, 0.15) is 25.0 Å². The second kappa shape index (κ2) is 5.82. The summed E-state index contributed by atoms with van der Waals surface area (Å²) in [5, 5.41) is 12.1. The molecule has 5 heteroatoms. The van der Waals surface area contributed by atoms with Gasteiger partial charge in [0.25, 0.3) is 0 Å². The number of hydrogen-bond acceptors (Lipinski definition) is 4. The van der Waals surface area contributed by atoms with Gasteiger partial charge in [0.05, 0.1) is 11.4 Å². The topological polar surface area (TPSA) is 66.4 Å². The van der Waals surface area contributed by atoms with E-state index < -0.39 is 14.6 Å². The molecular formula is C13H21NO3S. The van der Waals surface area contributed by atoms with Crippen LogP contribution in [0.3, 0.4) is 0 Å². The average Bonchev–Trinajstić information content (AvgIpc) is 2.28. The molecule has 1 aromatic carbocycles. The molecule has 0 fully saturated rings. The van der Waals surface area contributed by atoms with Gasteiger partial charge in [0.2, 0.25) is 0 Å². The Morgan fingerprint density at radius 3 is 2.11 bits per heavy atom. The van der Waals surface area contributed by atoms with E-state index in [1.807, 2.05) is 24.3 Å². The largest absolute Gasteiger partial charge is 0.392 e. The van der Waals surface area contributed by atoms with Crippen LogP contribution in [-0.4, -0.2) is 31.1 Å². The Bertz CT molecular complexity index is 477. The van der Waals surface area contributed by atoms with Crippen molar-refractivity contribution in [1.29, 1.82) is 0 Å². The summed E-state index contributed by atoms with van der Waals surface area (Å²) in [4.78, 5) is 0. The third kappa shape index (κ3) is 4.08. The maximum absolute atomic E-state index is 11.5. The van der Waals surface area contributed by atoms with Gasteiger partial charge in [-0.2, -0.15) is 0 Å². The van der Waals surface area contributed by atoms with Crippen molar-refractivity contribution in [3.63, 3.8) is 0 Å². The van der Waals surface area contributed by atoms with Crippen LogP contribution in [-0.2, 0) is 23.0 Å². The van der Waals surface area contributed by atoms with Gasteiger partial charge in [-0.1, -0.05) is 24.3 Å². The van der Waals surface area contributed by atoms with E-state index >= 15 is 0 Å². The van der Waals surface area contributed by atoms with Crippen LogP contribution in [0.2, 0.25) is 0 Å². The van der Waals surface area contributed by atoms with Gasteiger partial charge in [0, 0.05) is 19.3 Å². The first-order valence-corrected chi connectivity index (χ1v) is 7.74. The third-order valence-corrected chi connectivity index (χ3v) is 5.24. The number of nitrogens with one attached hydrogen (secondary N) is 1. The van der Waals surface area contributed by atoms with Crippen molar-refractivity contribution >= 4 is 9.84 Å². The number of rotatable bonds is 6. The van der Waals surface area contributed by atoms with E-state index in [-0.39, 0.29) is 6.61 Å². The fourth-order valence-electron chi connectivity index (χ4n) is 1.40. The van der Waals surface area contributed by atoms with E-state index in [1.54, 1.807) is 13.8 Å². The lowest BCUT2D eigenvalue weighted by Gasteiger charge is -2.22. The van der Waals surface area contributed by atoms with Crippen LogP contribution in [0.5, 0.6) is 0 Å². The molecule has 0 saturated heterocycles. The molecule has 0 amide bonds. The smallest absolute Gasteiger partial charge is 0.153 e. The summed E-state index contributed by atoms with van der Waals surface area (Å²) in [6.45, 7) is 4.49. The molecule has 4 nitrogen and oxygen atoms in total. The zero-order valence-electron chi connectivity index (χ0n) is 11.1. The molecule has 2 N–H and O–H groups in total. The highest BCUT2D eigenvalue weighted by Gasteiger charge is 2.29. The van der Waals surface area contributed by atoms with Crippen molar-refractivity contribution in [1.82, 2.24) is 5.32 Å². The lowest BCUT2D eigenvalue weighted by atomic mass is 10.1. The first-order chi connectivity index (χ1) is 8.26. The maximum Gasteiger partial charge on any atom is 0.153 e. The molecule has 18 heavy (non-hydrogen) atoms. The molecule has 0 aliphatic heterocycles. The highest BCUT2D eigenvalue weighted by Crippen LogP contribution is 2.13. The zero-order chi connectivity index (χ0) is 13.8. The van der Waals surface area contributed by atoms with Crippen LogP contribution < -0.4 is 5.32 Å². The minimum atomic E-state index is -3.06. The van der Waals surface area contributed by atoms with Crippen LogP contribution >= 0.6 is 0 Å². The zero-order valence-corrected chi connectivity index (χ0v) is 11.9. The van der Waals surface area contributed by atoms with Gasteiger partial charge in [0.1, 0.15) is 0 Å². The quantitative estimate of drug-likeness (QED) is 0.813. The number of sulfone groups is 1. The standard InChI is InChI=1S/C13H21NO3S/c1-13(2,18(3,16)17)10-14-8-11-4-6-12(9-15)7-5-11/h4-7,14-15H,8-10H2,1-3H3. The van der Waals surface area contributed by atoms with Crippen LogP contribution in [0.25, 0.3) is 0 Å². The summed E-state index contributed by atoms with van der Waals surface area (Å²) in [6, 6.07) is 7.56. The van der Waals surface area contributed by atoms with Gasteiger partial charge >= 0.3 is 0 Å². The van der Waals surface area contributed by atoms with Gasteiger partial charge in [-0.05, 0) is 25.0 Å². The number of benzene rings is 1. The van der Waals surface area contributed by atoms with Crippen LogP contribution in [0.15, 0.2) is 24.3 Å². The molecular weight excluding hydrogens is 250 g/mol. The van der Waals surface area contributed by atoms with Crippen molar-refractivity contribution in [2.45, 2.75) is 31.7 Å². The minimum absolute atomic E-state index is 0.0365. The predicted octanol–water partition coefficient (Wildman–Crippen LogP) is 1.09. The molecule has 0 unspecified atom stereocenters. The Labute approximate surface area is 109 Å². The highest BCUT2D eigenvalue weighted by atomic mass is 32.2. The Kier molecular flexibility index (Phi) is 4.90. The van der Waals surface area contributed by atoms with Gasteiger partial charge < -0.3 is 10.4 Å². The molecule has 0 atom stereocenters. The molecule has 0 bridgehead atoms. The first-order valence-electron chi connectivity index (χ1n) is 5.85. The molecule has 0 aliphatic rings. The number of hydrogen-bond donors (Lipinski definition) is 2. The first kappa shape index (κ1) is 15.1. The molecule has 102 valence electrons. The normalized spacial score (nSPS) is 12.7. The monoisotopic (exact) mass is 271 g/mol. The number of aliphatic hydroxyl groups excluding tert-OH is 1. The van der Waals surface area contributed by atoms with E-state index in [0.29, 0.717) is 13.1 Å². The van der Waals surface area contributed by atoms with Crippen LogP contribution in [0, 0.1) is 0 Å². The lowest BCUT2D eigenvalue weighted by Crippen LogP contribution is -2.41. The van der Waals surface area contributed by atoms with Crippen molar-refractivity contribution in [2.24, 2.45) is 0 Å². The van der Waals surface area contributed by atoms with E-state index in [9.17, 15) is 8.42 Å². The fourth-order valence-corrected chi connectivity index (χ4v) is 1.77. The molecule has 0 aromatic heterocycles. The number of aliphatic hydroxyl groups is 1. The SMILES string of the molecule is CC(C)(CNCc1ccc(CO)cc1)S(C)(=O)=O. The van der Waals surface area contributed by atoms with E-state index in [2.05, 4.69) is 5.32 Å². The predicted molar refractivity (Wildman–Crippen MR) is 73.0 cm³/mol. The van der Waals surface area contributed by atoms with Gasteiger partial charge in [-0.15, -0.1) is 0 Å². The van der Waals surface area contributed by atoms with Crippen LogP contribution in [0.4, 0.5) is 0 Å². The second-order valence-corrected chi connectivity index (χ2v) is 7.76. The summed E-state index contributed by atoms with van der Waals surface area (Å²) < 4.78 is 22.3. The molecule has 0 aliphatic carbocycles. The van der Waals surface area contributed by atoms with E-state index in [1.165, 1.54) is 6.26 Å². The fraction of sp³-hybridized carbons (Fsp3) is 0.538. The lowest BCUT2D eigenvalue weighted by molar-refractivity contribution is 0.282. The van der Waals surface area contributed by atoms with Crippen molar-refractivity contribution in [3.05, 3.63) is 35.4 Å².